The number of benzene rings is 3. The second-order valence-electron chi connectivity index (χ2n) is 7.87. The molecule has 3 N–H and O–H groups in total. The van der Waals surface area contributed by atoms with Gasteiger partial charge in [-0.25, -0.2) is 0 Å². The highest BCUT2D eigenvalue weighted by molar-refractivity contribution is 5.99. The molecular formula is C26H23N3O5. The predicted octanol–water partition coefficient (Wildman–Crippen LogP) is 3.94. The van der Waals surface area contributed by atoms with Crippen LogP contribution in [0.4, 0.5) is 5.69 Å². The number of carbonyl (C=O) groups excluding carboxylic acids is 2. The molecule has 8 nitrogen and oxygen atoms in total. The van der Waals surface area contributed by atoms with Crippen LogP contribution in [0.3, 0.4) is 0 Å². The zero-order valence-corrected chi connectivity index (χ0v) is 18.5. The van der Waals surface area contributed by atoms with Crippen molar-refractivity contribution in [2.24, 2.45) is 0 Å². The molecule has 172 valence electrons. The number of amides is 2. The topological polar surface area (TPSA) is 102 Å². The fourth-order valence-corrected chi connectivity index (χ4v) is 3.95. The molecule has 34 heavy (non-hydrogen) atoms. The third-order valence-corrected chi connectivity index (χ3v) is 5.68. The molecule has 0 spiro atoms. The summed E-state index contributed by atoms with van der Waals surface area (Å²) in [6.45, 7) is 0.144. The van der Waals surface area contributed by atoms with Gasteiger partial charge < -0.3 is 29.8 Å². The number of methoxy groups -OCH3 is 1. The Morgan fingerprint density at radius 3 is 2.65 bits per heavy atom. The summed E-state index contributed by atoms with van der Waals surface area (Å²) in [5, 5.41) is 6.73. The summed E-state index contributed by atoms with van der Waals surface area (Å²) >= 11 is 0. The smallest absolute Gasteiger partial charge is 0.251 e. The van der Waals surface area contributed by atoms with E-state index in [0.717, 1.165) is 16.5 Å². The molecule has 2 heterocycles. The summed E-state index contributed by atoms with van der Waals surface area (Å²) in [5.41, 5.74) is 2.99. The third-order valence-electron chi connectivity index (χ3n) is 5.68. The first-order valence-electron chi connectivity index (χ1n) is 10.8. The monoisotopic (exact) mass is 457 g/mol. The minimum absolute atomic E-state index is 0.133. The average molecular weight is 457 g/mol. The van der Waals surface area contributed by atoms with Gasteiger partial charge in [0.05, 0.1) is 13.5 Å². The predicted molar refractivity (Wildman–Crippen MR) is 127 cm³/mol. The van der Waals surface area contributed by atoms with Crippen molar-refractivity contribution in [3.63, 3.8) is 0 Å². The fraction of sp³-hybridized carbons (Fsp3) is 0.154. The van der Waals surface area contributed by atoms with Crippen LogP contribution in [0, 0.1) is 0 Å². The van der Waals surface area contributed by atoms with E-state index in [1.807, 2.05) is 30.5 Å². The molecule has 8 heteroatoms. The molecule has 1 aliphatic heterocycles. The van der Waals surface area contributed by atoms with Gasteiger partial charge in [-0.1, -0.05) is 30.3 Å². The third kappa shape index (κ3) is 4.38. The lowest BCUT2D eigenvalue weighted by molar-refractivity contribution is -0.126. The number of H-pyrrole nitrogens is 1. The maximum atomic E-state index is 13.3. The first-order chi connectivity index (χ1) is 16.6. The van der Waals surface area contributed by atoms with Crippen molar-refractivity contribution in [1.29, 1.82) is 0 Å². The number of aromatic nitrogens is 1. The zero-order valence-electron chi connectivity index (χ0n) is 18.5. The first kappa shape index (κ1) is 21.4. The molecule has 0 saturated carbocycles. The summed E-state index contributed by atoms with van der Waals surface area (Å²) in [4.78, 5) is 29.5. The quantitative estimate of drug-likeness (QED) is 0.390. The minimum Gasteiger partial charge on any atom is -0.497 e. The minimum atomic E-state index is -0.908. The van der Waals surface area contributed by atoms with Crippen LogP contribution in [-0.2, 0) is 16.0 Å². The van der Waals surface area contributed by atoms with Crippen LogP contribution in [0.2, 0.25) is 0 Å². The van der Waals surface area contributed by atoms with Gasteiger partial charge in [0.2, 0.25) is 12.7 Å². The highest BCUT2D eigenvalue weighted by Crippen LogP contribution is 2.34. The Balaban J connectivity index is 1.37. The Morgan fingerprint density at radius 2 is 1.82 bits per heavy atom. The number of hydrogen-bond acceptors (Lipinski definition) is 5. The number of fused-ring (bicyclic) bond motifs is 2. The fourth-order valence-electron chi connectivity index (χ4n) is 3.95. The Hall–Kier alpha value is -4.46. The summed E-state index contributed by atoms with van der Waals surface area (Å²) in [7, 11) is 1.57. The normalized spacial score (nSPS) is 12.9. The van der Waals surface area contributed by atoms with Crippen molar-refractivity contribution in [2.45, 2.75) is 12.5 Å². The van der Waals surface area contributed by atoms with Crippen molar-refractivity contribution in [2.75, 3.05) is 19.2 Å². The van der Waals surface area contributed by atoms with Gasteiger partial charge in [0.15, 0.2) is 11.5 Å². The van der Waals surface area contributed by atoms with Crippen LogP contribution < -0.4 is 24.8 Å². The highest BCUT2D eigenvalue weighted by Gasteiger charge is 2.24. The van der Waals surface area contributed by atoms with E-state index in [-0.39, 0.29) is 25.0 Å². The lowest BCUT2D eigenvalue weighted by atomic mass is 10.0. The first-order valence-corrected chi connectivity index (χ1v) is 10.8. The lowest BCUT2D eigenvalue weighted by Gasteiger charge is -2.19. The SMILES string of the molecule is COc1ccc([C@H](NC(=O)Cc2c[nH]c3ccccc23)C(=O)Nc2ccc3c(c2)OCO3)cc1. The molecule has 0 unspecified atom stereocenters. The van der Waals surface area contributed by atoms with Crippen molar-refractivity contribution in [3.8, 4) is 17.2 Å². The van der Waals surface area contributed by atoms with Gasteiger partial charge in [0, 0.05) is 28.9 Å². The van der Waals surface area contributed by atoms with Gasteiger partial charge in [-0.05, 0) is 41.5 Å². The van der Waals surface area contributed by atoms with Crippen LogP contribution in [0.1, 0.15) is 17.2 Å². The van der Waals surface area contributed by atoms with E-state index in [2.05, 4.69) is 15.6 Å². The van der Waals surface area contributed by atoms with Crippen molar-refractivity contribution >= 4 is 28.4 Å². The van der Waals surface area contributed by atoms with Crippen LogP contribution in [-0.4, -0.2) is 30.7 Å². The van der Waals surface area contributed by atoms with Crippen molar-refractivity contribution in [1.82, 2.24) is 10.3 Å². The molecular weight excluding hydrogens is 434 g/mol. The molecule has 3 aromatic carbocycles. The zero-order chi connectivity index (χ0) is 23.5. The number of carbonyl (C=O) groups is 2. The number of ether oxygens (including phenoxy) is 3. The van der Waals surface area contributed by atoms with Crippen LogP contribution in [0.15, 0.2) is 72.9 Å². The molecule has 0 saturated heterocycles. The van der Waals surface area contributed by atoms with Gasteiger partial charge in [-0.3, -0.25) is 9.59 Å². The number of para-hydroxylation sites is 1. The van der Waals surface area contributed by atoms with Crippen LogP contribution in [0.5, 0.6) is 17.2 Å². The van der Waals surface area contributed by atoms with Crippen molar-refractivity contribution < 1.29 is 23.8 Å². The van der Waals surface area contributed by atoms with E-state index in [1.54, 1.807) is 49.6 Å². The van der Waals surface area contributed by atoms with E-state index >= 15 is 0 Å². The summed E-state index contributed by atoms with van der Waals surface area (Å²) < 4.78 is 15.9. The average Bonchev–Trinajstić information content (AvgIpc) is 3.49. The molecule has 1 aliphatic rings. The van der Waals surface area contributed by atoms with E-state index in [0.29, 0.717) is 28.5 Å². The van der Waals surface area contributed by atoms with E-state index < -0.39 is 6.04 Å². The number of anilines is 1. The van der Waals surface area contributed by atoms with Crippen molar-refractivity contribution in [3.05, 3.63) is 84.1 Å². The van der Waals surface area contributed by atoms with Gasteiger partial charge in [0.25, 0.3) is 5.91 Å². The van der Waals surface area contributed by atoms with Crippen LogP contribution >= 0.6 is 0 Å². The maximum absolute atomic E-state index is 13.3. The van der Waals surface area contributed by atoms with Gasteiger partial charge in [-0.15, -0.1) is 0 Å². The molecule has 1 atom stereocenters. The largest absolute Gasteiger partial charge is 0.497 e. The van der Waals surface area contributed by atoms with Gasteiger partial charge in [-0.2, -0.15) is 0 Å². The second kappa shape index (κ2) is 9.19. The van der Waals surface area contributed by atoms with E-state index in [1.165, 1.54) is 0 Å². The number of hydrogen-bond donors (Lipinski definition) is 3. The molecule has 0 radical (unpaired) electrons. The molecule has 5 rings (SSSR count). The Kier molecular flexibility index (Phi) is 5.78. The second-order valence-corrected chi connectivity index (χ2v) is 7.87. The number of rotatable bonds is 7. The highest BCUT2D eigenvalue weighted by atomic mass is 16.7. The Bertz CT molecular complexity index is 1350. The molecule has 4 aromatic rings. The van der Waals surface area contributed by atoms with Crippen LogP contribution in [0.25, 0.3) is 10.9 Å². The Morgan fingerprint density at radius 1 is 1.03 bits per heavy atom. The number of nitrogens with one attached hydrogen (secondary N) is 3. The summed E-state index contributed by atoms with van der Waals surface area (Å²) in [5.74, 6) is 1.19. The number of aromatic amines is 1. The molecule has 0 aliphatic carbocycles. The molecule has 2 amide bonds. The summed E-state index contributed by atoms with van der Waals surface area (Å²) in [6.07, 6.45) is 1.95. The molecule has 0 fully saturated rings. The van der Waals surface area contributed by atoms with Gasteiger partial charge in [0.1, 0.15) is 11.8 Å². The molecule has 0 bridgehead atoms. The standard InChI is InChI=1S/C26H23N3O5/c1-32-19-9-6-16(7-10-19)25(26(31)28-18-8-11-22-23(13-18)34-15-33-22)29-24(30)12-17-14-27-21-5-3-2-4-20(17)21/h2-11,13-14,25,27H,12,15H2,1H3,(H,28,31)(H,29,30)/t25-/m0/s1. The van der Waals surface area contributed by atoms with E-state index in [4.69, 9.17) is 14.2 Å². The lowest BCUT2D eigenvalue weighted by Crippen LogP contribution is -2.37. The summed E-state index contributed by atoms with van der Waals surface area (Å²) in [6, 6.07) is 19.0. The van der Waals surface area contributed by atoms with Gasteiger partial charge >= 0.3 is 0 Å². The maximum Gasteiger partial charge on any atom is 0.251 e. The van der Waals surface area contributed by atoms with E-state index in [9.17, 15) is 9.59 Å². The molecule has 1 aromatic heterocycles. The Labute approximate surface area is 195 Å².